The molecule has 0 radical (unpaired) electrons. The van der Waals surface area contributed by atoms with Gasteiger partial charge in [-0.1, -0.05) is 0 Å². The largest absolute Gasteiger partial charge is 0.355 e. The van der Waals surface area contributed by atoms with Crippen LogP contribution < -0.4 is 5.32 Å². The molecule has 0 saturated heterocycles. The third-order valence-electron chi connectivity index (χ3n) is 0.487. The average molecular weight is 121 g/mol. The van der Waals surface area contributed by atoms with E-state index in [-0.39, 0.29) is 6.08 Å². The van der Waals surface area contributed by atoms with E-state index in [0.717, 1.165) is 0 Å². The number of rotatable bonds is 1. The first-order chi connectivity index (χ1) is 3.66. The Kier molecular flexibility index (Phi) is 2.76. The molecule has 0 atom stereocenters. The molecule has 0 aromatic rings. The SMILES string of the molecule is CNC(=O)C=C(F)F. The standard InChI is InChI=1S/C4H5F2NO/c1-7-4(8)2-3(5)6/h2H,1H3,(H,7,8). The summed E-state index contributed by atoms with van der Waals surface area (Å²) in [5.41, 5.74) is 0. The molecule has 0 heterocycles. The van der Waals surface area contributed by atoms with Gasteiger partial charge in [-0.2, -0.15) is 8.78 Å². The lowest BCUT2D eigenvalue weighted by molar-refractivity contribution is -0.116. The zero-order chi connectivity index (χ0) is 6.57. The van der Waals surface area contributed by atoms with Crippen molar-refractivity contribution in [2.24, 2.45) is 0 Å². The van der Waals surface area contributed by atoms with Gasteiger partial charge in [-0.05, 0) is 0 Å². The Hall–Kier alpha value is -0.930. The number of halogens is 2. The van der Waals surface area contributed by atoms with E-state index in [0.29, 0.717) is 0 Å². The van der Waals surface area contributed by atoms with Crippen molar-refractivity contribution in [1.82, 2.24) is 5.32 Å². The van der Waals surface area contributed by atoms with Crippen molar-refractivity contribution in [2.75, 3.05) is 7.05 Å². The van der Waals surface area contributed by atoms with Gasteiger partial charge in [-0.3, -0.25) is 4.79 Å². The van der Waals surface area contributed by atoms with E-state index in [2.05, 4.69) is 0 Å². The van der Waals surface area contributed by atoms with Gasteiger partial charge in [0.2, 0.25) is 5.91 Å². The minimum atomic E-state index is -1.98. The predicted molar refractivity (Wildman–Crippen MR) is 24.4 cm³/mol. The van der Waals surface area contributed by atoms with Gasteiger partial charge in [-0.15, -0.1) is 0 Å². The number of likely N-dealkylation sites (N-methyl/N-ethyl adjacent to an activating group) is 1. The second-order valence-corrected chi connectivity index (χ2v) is 1.05. The zero-order valence-electron chi connectivity index (χ0n) is 4.24. The van der Waals surface area contributed by atoms with E-state index in [1.54, 1.807) is 0 Å². The minimum Gasteiger partial charge on any atom is -0.355 e. The summed E-state index contributed by atoms with van der Waals surface area (Å²) in [6.45, 7) is 0. The van der Waals surface area contributed by atoms with Crippen LogP contribution in [0.2, 0.25) is 0 Å². The van der Waals surface area contributed by atoms with Crippen molar-refractivity contribution < 1.29 is 13.6 Å². The fourth-order valence-electron chi connectivity index (χ4n) is 0.171. The van der Waals surface area contributed by atoms with E-state index in [4.69, 9.17) is 0 Å². The molecule has 0 rings (SSSR count). The number of hydrogen-bond donors (Lipinski definition) is 1. The summed E-state index contributed by atoms with van der Waals surface area (Å²) in [7, 11) is 1.28. The molecule has 46 valence electrons. The highest BCUT2D eigenvalue weighted by Crippen LogP contribution is 1.93. The van der Waals surface area contributed by atoms with Gasteiger partial charge < -0.3 is 5.32 Å². The molecule has 0 aliphatic rings. The Morgan fingerprint density at radius 1 is 1.62 bits per heavy atom. The molecule has 0 aromatic heterocycles. The molecule has 0 aliphatic heterocycles. The molecule has 4 heteroatoms. The average Bonchev–Trinajstić information content (AvgIpc) is 1.65. The number of carbonyl (C=O) groups is 1. The number of carbonyl (C=O) groups excluding carboxylic acids is 1. The highest BCUT2D eigenvalue weighted by atomic mass is 19.3. The monoisotopic (exact) mass is 121 g/mol. The van der Waals surface area contributed by atoms with Crippen LogP contribution in [0.25, 0.3) is 0 Å². The van der Waals surface area contributed by atoms with Crippen LogP contribution in [0.4, 0.5) is 8.78 Å². The third-order valence-corrected chi connectivity index (χ3v) is 0.487. The fourth-order valence-corrected chi connectivity index (χ4v) is 0.171. The maximum Gasteiger partial charge on any atom is 0.275 e. The first-order valence-corrected chi connectivity index (χ1v) is 1.91. The number of hydrogen-bond acceptors (Lipinski definition) is 1. The molecule has 8 heavy (non-hydrogen) atoms. The van der Waals surface area contributed by atoms with E-state index in [1.807, 2.05) is 5.32 Å². The second kappa shape index (κ2) is 3.12. The summed E-state index contributed by atoms with van der Waals surface area (Å²) in [4.78, 5) is 9.95. The first kappa shape index (κ1) is 7.07. The van der Waals surface area contributed by atoms with Crippen LogP contribution >= 0.6 is 0 Å². The third kappa shape index (κ3) is 3.27. The predicted octanol–water partition coefficient (Wildman–Crippen LogP) is 0.513. The number of nitrogens with one attached hydrogen (secondary N) is 1. The van der Waals surface area contributed by atoms with Gasteiger partial charge in [0.1, 0.15) is 0 Å². The van der Waals surface area contributed by atoms with Crippen LogP contribution in [-0.2, 0) is 4.79 Å². The van der Waals surface area contributed by atoms with Gasteiger partial charge in [-0.25, -0.2) is 0 Å². The summed E-state index contributed by atoms with van der Waals surface area (Å²) in [6.07, 6.45) is -1.76. The quantitative estimate of drug-likeness (QED) is 0.503. The maximum absolute atomic E-state index is 11.1. The summed E-state index contributed by atoms with van der Waals surface area (Å²) >= 11 is 0. The lowest BCUT2D eigenvalue weighted by atomic mass is 10.6. The van der Waals surface area contributed by atoms with Crippen molar-refractivity contribution in [3.63, 3.8) is 0 Å². The smallest absolute Gasteiger partial charge is 0.275 e. The summed E-state index contributed by atoms with van der Waals surface area (Å²) in [5, 5.41) is 2.00. The van der Waals surface area contributed by atoms with Crippen LogP contribution in [0, 0.1) is 0 Å². The highest BCUT2D eigenvalue weighted by Gasteiger charge is 1.93. The van der Waals surface area contributed by atoms with Gasteiger partial charge in [0.25, 0.3) is 6.08 Å². The lowest BCUT2D eigenvalue weighted by Crippen LogP contribution is -2.14. The van der Waals surface area contributed by atoms with E-state index in [1.165, 1.54) is 7.05 Å². The van der Waals surface area contributed by atoms with Gasteiger partial charge in [0.05, 0.1) is 6.08 Å². The Morgan fingerprint density at radius 2 is 2.12 bits per heavy atom. The zero-order valence-corrected chi connectivity index (χ0v) is 4.24. The Morgan fingerprint density at radius 3 is 2.25 bits per heavy atom. The molecule has 0 bridgehead atoms. The van der Waals surface area contributed by atoms with Gasteiger partial charge in [0, 0.05) is 7.05 Å². The molecule has 0 spiro atoms. The van der Waals surface area contributed by atoms with Crippen molar-refractivity contribution in [3.8, 4) is 0 Å². The summed E-state index contributed by atoms with van der Waals surface area (Å²) in [5.74, 6) is -0.787. The topological polar surface area (TPSA) is 29.1 Å². The van der Waals surface area contributed by atoms with Crippen LogP contribution in [0.1, 0.15) is 0 Å². The van der Waals surface area contributed by atoms with Crippen molar-refractivity contribution >= 4 is 5.91 Å². The van der Waals surface area contributed by atoms with E-state index >= 15 is 0 Å². The molecular weight excluding hydrogens is 116 g/mol. The van der Waals surface area contributed by atoms with Gasteiger partial charge >= 0.3 is 0 Å². The van der Waals surface area contributed by atoms with Crippen LogP contribution in [-0.4, -0.2) is 13.0 Å². The molecule has 0 saturated carbocycles. The molecule has 0 aliphatic carbocycles. The maximum atomic E-state index is 11.1. The molecule has 0 aromatic carbocycles. The molecule has 1 N–H and O–H groups in total. The second-order valence-electron chi connectivity index (χ2n) is 1.05. The minimum absolute atomic E-state index is 0.222. The Bertz CT molecular complexity index is 117. The molecular formula is C4H5F2NO. The summed E-state index contributed by atoms with van der Waals surface area (Å²) < 4.78 is 22.1. The van der Waals surface area contributed by atoms with Crippen LogP contribution in [0.15, 0.2) is 12.2 Å². The number of amides is 1. The Balaban J connectivity index is 3.70. The lowest BCUT2D eigenvalue weighted by Gasteiger charge is -1.85. The van der Waals surface area contributed by atoms with Crippen LogP contribution in [0.5, 0.6) is 0 Å². The van der Waals surface area contributed by atoms with Gasteiger partial charge in [0.15, 0.2) is 0 Å². The summed E-state index contributed by atoms with van der Waals surface area (Å²) in [6, 6.07) is 0. The Labute approximate surface area is 45.2 Å². The van der Waals surface area contributed by atoms with E-state index in [9.17, 15) is 13.6 Å². The van der Waals surface area contributed by atoms with Crippen molar-refractivity contribution in [2.45, 2.75) is 0 Å². The molecule has 0 unspecified atom stereocenters. The molecule has 1 amide bonds. The fraction of sp³-hybridized carbons (Fsp3) is 0.250. The van der Waals surface area contributed by atoms with E-state index < -0.39 is 12.0 Å². The highest BCUT2D eigenvalue weighted by molar-refractivity contribution is 5.87. The molecule has 2 nitrogen and oxygen atoms in total. The normalized spacial score (nSPS) is 7.88. The van der Waals surface area contributed by atoms with Crippen molar-refractivity contribution in [1.29, 1.82) is 0 Å². The van der Waals surface area contributed by atoms with Crippen molar-refractivity contribution in [3.05, 3.63) is 12.2 Å². The first-order valence-electron chi connectivity index (χ1n) is 1.91. The van der Waals surface area contributed by atoms with Crippen LogP contribution in [0.3, 0.4) is 0 Å². The molecule has 0 fully saturated rings.